The Morgan fingerprint density at radius 2 is 1.75 bits per heavy atom. The van der Waals surface area contributed by atoms with Gasteiger partial charge in [-0.15, -0.1) is 0 Å². The minimum atomic E-state index is -0.184. The summed E-state index contributed by atoms with van der Waals surface area (Å²) in [6, 6.07) is 7.70. The fraction of sp³-hybridized carbons (Fsp3) is 0.500. The van der Waals surface area contributed by atoms with E-state index in [0.29, 0.717) is 5.75 Å². The number of hydrogen-bond donors (Lipinski definition) is 0. The van der Waals surface area contributed by atoms with Crippen LogP contribution in [-0.4, -0.2) is 5.97 Å². The summed E-state index contributed by atoms with van der Waals surface area (Å²) < 4.78 is 5.39. The Morgan fingerprint density at radius 1 is 1.19 bits per heavy atom. The van der Waals surface area contributed by atoms with Crippen molar-refractivity contribution in [1.82, 2.24) is 0 Å². The molecule has 16 heavy (non-hydrogen) atoms. The number of carbonyl (C=O) groups is 1. The maximum Gasteiger partial charge on any atom is 0.313 e. The van der Waals surface area contributed by atoms with E-state index in [1.165, 1.54) is 0 Å². The van der Waals surface area contributed by atoms with Gasteiger partial charge in [-0.3, -0.25) is 4.79 Å². The molecule has 0 aliphatic carbocycles. The zero-order valence-electron chi connectivity index (χ0n) is 10.7. The smallest absolute Gasteiger partial charge is 0.313 e. The number of benzene rings is 1. The lowest BCUT2D eigenvalue weighted by Gasteiger charge is -2.22. The van der Waals surface area contributed by atoms with Crippen LogP contribution in [0.2, 0.25) is 0 Å². The van der Waals surface area contributed by atoms with Crippen LogP contribution in [0, 0.1) is 5.92 Å². The molecule has 0 aromatic heterocycles. The van der Waals surface area contributed by atoms with Gasteiger partial charge in [-0.2, -0.15) is 0 Å². The Balaban J connectivity index is 3.01. The third-order valence-electron chi connectivity index (χ3n) is 2.38. The molecule has 0 fully saturated rings. The summed E-state index contributed by atoms with van der Waals surface area (Å²) in [7, 11) is 0. The van der Waals surface area contributed by atoms with Crippen LogP contribution in [0.15, 0.2) is 24.3 Å². The number of ether oxygens (including phenoxy) is 1. The summed E-state index contributed by atoms with van der Waals surface area (Å²) >= 11 is 0. The van der Waals surface area contributed by atoms with E-state index in [0.717, 1.165) is 5.56 Å². The molecule has 88 valence electrons. The van der Waals surface area contributed by atoms with Crippen molar-refractivity contribution in [3.8, 4) is 5.75 Å². The van der Waals surface area contributed by atoms with Gasteiger partial charge in [0.1, 0.15) is 5.75 Å². The molecule has 0 spiro atoms. The van der Waals surface area contributed by atoms with Crippen LogP contribution < -0.4 is 4.74 Å². The second-order valence-electron chi connectivity index (χ2n) is 5.32. The first-order valence-corrected chi connectivity index (χ1v) is 5.63. The number of hydrogen-bond acceptors (Lipinski definition) is 2. The summed E-state index contributed by atoms with van der Waals surface area (Å²) in [6.07, 6.45) is 0. The summed E-state index contributed by atoms with van der Waals surface area (Å²) in [5, 5.41) is 0. The fourth-order valence-electron chi connectivity index (χ4n) is 1.40. The van der Waals surface area contributed by atoms with E-state index in [4.69, 9.17) is 4.74 Å². The second-order valence-corrected chi connectivity index (χ2v) is 5.32. The van der Waals surface area contributed by atoms with Crippen molar-refractivity contribution in [2.75, 3.05) is 0 Å². The van der Waals surface area contributed by atoms with E-state index in [1.54, 1.807) is 0 Å². The summed E-state index contributed by atoms with van der Waals surface area (Å²) in [5.74, 6) is 0.387. The molecule has 0 N–H and O–H groups in total. The van der Waals surface area contributed by atoms with Gasteiger partial charge in [-0.25, -0.2) is 0 Å². The second kappa shape index (κ2) is 4.69. The van der Waals surface area contributed by atoms with Crippen LogP contribution in [0.4, 0.5) is 0 Å². The molecular weight excluding hydrogens is 200 g/mol. The van der Waals surface area contributed by atoms with Crippen molar-refractivity contribution in [3.63, 3.8) is 0 Å². The molecule has 0 unspecified atom stereocenters. The number of rotatable bonds is 2. The molecule has 2 nitrogen and oxygen atoms in total. The van der Waals surface area contributed by atoms with Gasteiger partial charge in [0.2, 0.25) is 0 Å². The molecule has 0 atom stereocenters. The van der Waals surface area contributed by atoms with Crippen molar-refractivity contribution in [2.45, 2.75) is 40.0 Å². The minimum absolute atomic E-state index is 0.0200. The van der Waals surface area contributed by atoms with E-state index in [-0.39, 0.29) is 17.3 Å². The largest absolute Gasteiger partial charge is 0.426 e. The first kappa shape index (κ1) is 12.8. The Labute approximate surface area is 97.6 Å². The van der Waals surface area contributed by atoms with Crippen molar-refractivity contribution >= 4 is 5.97 Å². The van der Waals surface area contributed by atoms with Crippen LogP contribution in [-0.2, 0) is 10.2 Å². The highest BCUT2D eigenvalue weighted by atomic mass is 16.5. The monoisotopic (exact) mass is 220 g/mol. The van der Waals surface area contributed by atoms with Crippen LogP contribution >= 0.6 is 0 Å². The van der Waals surface area contributed by atoms with Gasteiger partial charge >= 0.3 is 5.97 Å². The summed E-state index contributed by atoms with van der Waals surface area (Å²) in [5.41, 5.74) is 1.04. The molecular formula is C14H20O2. The first-order valence-electron chi connectivity index (χ1n) is 5.63. The molecule has 0 amide bonds. The average Bonchev–Trinajstić information content (AvgIpc) is 2.16. The quantitative estimate of drug-likeness (QED) is 0.563. The van der Waals surface area contributed by atoms with E-state index >= 15 is 0 Å². The van der Waals surface area contributed by atoms with Crippen molar-refractivity contribution in [3.05, 3.63) is 29.8 Å². The molecule has 0 heterocycles. The van der Waals surface area contributed by atoms with Crippen LogP contribution in [0.3, 0.4) is 0 Å². The Morgan fingerprint density at radius 3 is 2.25 bits per heavy atom. The molecule has 0 saturated heterocycles. The zero-order chi connectivity index (χ0) is 12.3. The van der Waals surface area contributed by atoms with Gasteiger partial charge < -0.3 is 4.74 Å². The molecule has 1 rings (SSSR count). The molecule has 2 heteroatoms. The highest BCUT2D eigenvalue weighted by Gasteiger charge is 2.20. The predicted molar refractivity (Wildman–Crippen MR) is 65.6 cm³/mol. The summed E-state index contributed by atoms with van der Waals surface area (Å²) in [6.45, 7) is 9.99. The maximum absolute atomic E-state index is 11.6. The molecule has 1 aromatic rings. The minimum Gasteiger partial charge on any atom is -0.426 e. The highest BCUT2D eigenvalue weighted by molar-refractivity contribution is 5.74. The molecule has 1 aromatic carbocycles. The van der Waals surface area contributed by atoms with E-state index in [1.807, 2.05) is 38.1 Å². The maximum atomic E-state index is 11.6. The van der Waals surface area contributed by atoms with E-state index in [2.05, 4.69) is 20.8 Å². The number of carbonyl (C=O) groups excluding carboxylic acids is 1. The normalized spacial score (nSPS) is 11.6. The van der Waals surface area contributed by atoms with Crippen molar-refractivity contribution in [1.29, 1.82) is 0 Å². The Bertz CT molecular complexity index is 373. The van der Waals surface area contributed by atoms with Gasteiger partial charge in [0.05, 0.1) is 5.92 Å². The third-order valence-corrected chi connectivity index (χ3v) is 2.38. The summed E-state index contributed by atoms with van der Waals surface area (Å²) in [4.78, 5) is 11.6. The highest BCUT2D eigenvalue weighted by Crippen LogP contribution is 2.31. The van der Waals surface area contributed by atoms with Crippen LogP contribution in [0.1, 0.15) is 40.2 Å². The Hall–Kier alpha value is -1.31. The average molecular weight is 220 g/mol. The lowest BCUT2D eigenvalue weighted by atomic mass is 9.86. The van der Waals surface area contributed by atoms with Gasteiger partial charge in [0, 0.05) is 5.56 Å². The molecule has 0 aliphatic heterocycles. The molecule has 0 saturated carbocycles. The molecule has 0 radical (unpaired) electrons. The standard InChI is InChI=1S/C14H20O2/c1-10(2)13(15)16-12-9-7-6-8-11(12)14(3,4)5/h6-10H,1-5H3. The van der Waals surface area contributed by atoms with E-state index in [9.17, 15) is 4.79 Å². The zero-order valence-corrected chi connectivity index (χ0v) is 10.7. The SMILES string of the molecule is CC(C)C(=O)Oc1ccccc1C(C)(C)C. The first-order chi connectivity index (χ1) is 7.32. The lowest BCUT2D eigenvalue weighted by molar-refractivity contribution is -0.137. The van der Waals surface area contributed by atoms with Gasteiger partial charge in [0.25, 0.3) is 0 Å². The van der Waals surface area contributed by atoms with Crippen LogP contribution in [0.25, 0.3) is 0 Å². The van der Waals surface area contributed by atoms with Crippen molar-refractivity contribution < 1.29 is 9.53 Å². The van der Waals surface area contributed by atoms with Gasteiger partial charge in [-0.1, -0.05) is 52.8 Å². The van der Waals surface area contributed by atoms with Crippen LogP contribution in [0.5, 0.6) is 5.75 Å². The van der Waals surface area contributed by atoms with Gasteiger partial charge in [-0.05, 0) is 11.5 Å². The number of para-hydroxylation sites is 1. The number of esters is 1. The predicted octanol–water partition coefficient (Wildman–Crippen LogP) is 3.55. The van der Waals surface area contributed by atoms with Crippen molar-refractivity contribution in [2.24, 2.45) is 5.92 Å². The molecule has 0 aliphatic rings. The Kier molecular flexibility index (Phi) is 3.74. The molecule has 0 bridgehead atoms. The van der Waals surface area contributed by atoms with E-state index < -0.39 is 0 Å². The lowest BCUT2D eigenvalue weighted by Crippen LogP contribution is -2.19. The third kappa shape index (κ3) is 3.09. The van der Waals surface area contributed by atoms with Gasteiger partial charge in [0.15, 0.2) is 0 Å². The topological polar surface area (TPSA) is 26.3 Å². The fourth-order valence-corrected chi connectivity index (χ4v) is 1.40.